The number of carbonyl (C=O) groups is 1. The molecule has 0 spiro atoms. The minimum Gasteiger partial charge on any atom is -0.497 e. The van der Waals surface area contributed by atoms with Gasteiger partial charge in [-0.2, -0.15) is 10.4 Å². The SMILES string of the molecule is COc1cccc(-c2cc(C(=O)Nc3ccc([N+](=O)[O-])cc3C#N)[nH]n2)c1. The number of carbonyl (C=O) groups excluding carboxylic acids is 1. The topological polar surface area (TPSA) is 134 Å². The second kappa shape index (κ2) is 7.37. The number of H-pyrrole nitrogens is 1. The highest BCUT2D eigenvalue weighted by atomic mass is 16.6. The molecule has 9 nitrogen and oxygen atoms in total. The maximum atomic E-state index is 12.4. The molecule has 2 aromatic carbocycles. The predicted molar refractivity (Wildman–Crippen MR) is 96.3 cm³/mol. The standard InChI is InChI=1S/C18H13N5O4/c1-27-14-4-2-3-11(8-14)16-9-17(22-21-16)18(24)20-15-6-5-13(23(25)26)7-12(15)10-19/h2-9H,1H3,(H,20,24)(H,21,22). The van der Waals surface area contributed by atoms with E-state index in [1.165, 1.54) is 12.1 Å². The van der Waals surface area contributed by atoms with Gasteiger partial charge in [0.25, 0.3) is 11.6 Å². The summed E-state index contributed by atoms with van der Waals surface area (Å²) in [5, 5.41) is 29.2. The molecular formula is C18H13N5O4. The minimum atomic E-state index is -0.609. The van der Waals surface area contributed by atoms with Crippen molar-refractivity contribution in [1.82, 2.24) is 10.2 Å². The molecule has 0 saturated heterocycles. The van der Waals surface area contributed by atoms with Crippen LogP contribution in [0.4, 0.5) is 11.4 Å². The van der Waals surface area contributed by atoms with Gasteiger partial charge in [-0.05, 0) is 24.3 Å². The Morgan fingerprint density at radius 3 is 2.81 bits per heavy atom. The van der Waals surface area contributed by atoms with Gasteiger partial charge in [0.05, 0.1) is 29.0 Å². The van der Waals surface area contributed by atoms with Crippen molar-refractivity contribution in [2.24, 2.45) is 0 Å². The zero-order chi connectivity index (χ0) is 19.4. The van der Waals surface area contributed by atoms with Gasteiger partial charge in [-0.15, -0.1) is 0 Å². The van der Waals surface area contributed by atoms with E-state index in [9.17, 15) is 14.9 Å². The van der Waals surface area contributed by atoms with Crippen molar-refractivity contribution in [2.75, 3.05) is 12.4 Å². The molecule has 2 N–H and O–H groups in total. The van der Waals surface area contributed by atoms with E-state index in [2.05, 4.69) is 15.5 Å². The van der Waals surface area contributed by atoms with Crippen LogP contribution in [0.25, 0.3) is 11.3 Å². The number of amides is 1. The Bertz CT molecular complexity index is 1070. The van der Waals surface area contributed by atoms with Crippen molar-refractivity contribution < 1.29 is 14.5 Å². The molecule has 9 heteroatoms. The molecule has 0 fully saturated rings. The molecule has 3 aromatic rings. The number of hydrogen-bond donors (Lipinski definition) is 2. The Hall–Kier alpha value is -4.19. The fraction of sp³-hybridized carbons (Fsp3) is 0.0556. The number of non-ortho nitro benzene ring substituents is 1. The average Bonchev–Trinajstić information content (AvgIpc) is 3.18. The van der Waals surface area contributed by atoms with E-state index in [0.29, 0.717) is 11.4 Å². The quantitative estimate of drug-likeness (QED) is 0.528. The number of nitro groups is 1. The summed E-state index contributed by atoms with van der Waals surface area (Å²) < 4.78 is 5.17. The van der Waals surface area contributed by atoms with Gasteiger partial charge in [0.1, 0.15) is 17.5 Å². The van der Waals surface area contributed by atoms with E-state index in [1.807, 2.05) is 12.1 Å². The molecule has 27 heavy (non-hydrogen) atoms. The van der Waals surface area contributed by atoms with Crippen LogP contribution in [0.1, 0.15) is 16.1 Å². The number of methoxy groups -OCH3 is 1. The van der Waals surface area contributed by atoms with Crippen LogP contribution < -0.4 is 10.1 Å². The van der Waals surface area contributed by atoms with Crippen LogP contribution in [-0.2, 0) is 0 Å². The van der Waals surface area contributed by atoms with E-state index in [1.54, 1.807) is 31.4 Å². The third-order valence-electron chi connectivity index (χ3n) is 3.77. The van der Waals surface area contributed by atoms with Crippen molar-refractivity contribution in [1.29, 1.82) is 5.26 Å². The Morgan fingerprint density at radius 1 is 1.30 bits per heavy atom. The summed E-state index contributed by atoms with van der Waals surface area (Å²) in [4.78, 5) is 22.6. The van der Waals surface area contributed by atoms with E-state index >= 15 is 0 Å². The van der Waals surface area contributed by atoms with Crippen molar-refractivity contribution in [3.63, 3.8) is 0 Å². The van der Waals surface area contributed by atoms with E-state index in [-0.39, 0.29) is 22.6 Å². The van der Waals surface area contributed by atoms with Crippen molar-refractivity contribution in [3.8, 4) is 23.1 Å². The third-order valence-corrected chi connectivity index (χ3v) is 3.77. The highest BCUT2D eigenvalue weighted by molar-refractivity contribution is 6.04. The number of aromatic nitrogens is 2. The Kier molecular flexibility index (Phi) is 4.81. The number of hydrogen-bond acceptors (Lipinski definition) is 6. The van der Waals surface area contributed by atoms with Crippen LogP contribution in [0.3, 0.4) is 0 Å². The maximum absolute atomic E-state index is 12.4. The van der Waals surface area contributed by atoms with E-state index in [0.717, 1.165) is 11.6 Å². The number of benzene rings is 2. The number of nitro benzene ring substituents is 1. The molecule has 0 unspecified atom stereocenters. The highest BCUT2D eigenvalue weighted by Gasteiger charge is 2.16. The summed E-state index contributed by atoms with van der Waals surface area (Å²) in [6.45, 7) is 0. The molecule has 0 saturated carbocycles. The molecule has 0 aliphatic rings. The highest BCUT2D eigenvalue weighted by Crippen LogP contribution is 2.24. The van der Waals surface area contributed by atoms with Gasteiger partial charge < -0.3 is 10.1 Å². The lowest BCUT2D eigenvalue weighted by atomic mass is 10.1. The lowest BCUT2D eigenvalue weighted by Crippen LogP contribution is -2.13. The molecule has 1 heterocycles. The van der Waals surface area contributed by atoms with Crippen LogP contribution in [-0.4, -0.2) is 28.1 Å². The number of aromatic amines is 1. The Morgan fingerprint density at radius 2 is 2.11 bits per heavy atom. The number of nitriles is 1. The van der Waals surface area contributed by atoms with E-state index < -0.39 is 10.8 Å². The van der Waals surface area contributed by atoms with Crippen LogP contribution >= 0.6 is 0 Å². The van der Waals surface area contributed by atoms with Gasteiger partial charge in [0.15, 0.2) is 0 Å². The first-order valence-corrected chi connectivity index (χ1v) is 7.71. The molecular weight excluding hydrogens is 350 g/mol. The van der Waals surface area contributed by atoms with Crippen molar-refractivity contribution >= 4 is 17.3 Å². The molecule has 1 aromatic heterocycles. The molecule has 0 aliphatic carbocycles. The number of nitrogens with zero attached hydrogens (tertiary/aromatic N) is 3. The van der Waals surface area contributed by atoms with Crippen LogP contribution in [0.15, 0.2) is 48.5 Å². The number of ether oxygens (including phenoxy) is 1. The number of anilines is 1. The first-order valence-electron chi connectivity index (χ1n) is 7.71. The fourth-order valence-corrected chi connectivity index (χ4v) is 2.41. The smallest absolute Gasteiger partial charge is 0.273 e. The molecule has 134 valence electrons. The lowest BCUT2D eigenvalue weighted by Gasteiger charge is -2.05. The average molecular weight is 363 g/mol. The Labute approximate surface area is 153 Å². The monoisotopic (exact) mass is 363 g/mol. The normalized spacial score (nSPS) is 10.1. The first kappa shape index (κ1) is 17.6. The van der Waals surface area contributed by atoms with Crippen LogP contribution in [0, 0.1) is 21.4 Å². The summed E-state index contributed by atoms with van der Waals surface area (Å²) in [6.07, 6.45) is 0. The summed E-state index contributed by atoms with van der Waals surface area (Å²) >= 11 is 0. The molecule has 0 radical (unpaired) electrons. The Balaban J connectivity index is 1.83. The zero-order valence-electron chi connectivity index (χ0n) is 14.1. The summed E-state index contributed by atoms with van der Waals surface area (Å²) in [5.41, 5.74) is 1.41. The van der Waals surface area contributed by atoms with Crippen molar-refractivity contribution in [3.05, 3.63) is 69.9 Å². The predicted octanol–water partition coefficient (Wildman–Crippen LogP) is 3.12. The molecule has 1 amide bonds. The molecule has 0 atom stereocenters. The molecule has 0 bridgehead atoms. The fourth-order valence-electron chi connectivity index (χ4n) is 2.41. The molecule has 3 rings (SSSR count). The summed E-state index contributed by atoms with van der Waals surface area (Å²) in [7, 11) is 1.56. The largest absolute Gasteiger partial charge is 0.497 e. The zero-order valence-corrected chi connectivity index (χ0v) is 14.1. The van der Waals surface area contributed by atoms with Gasteiger partial charge in [-0.25, -0.2) is 0 Å². The van der Waals surface area contributed by atoms with Crippen LogP contribution in [0.5, 0.6) is 5.75 Å². The minimum absolute atomic E-state index is 0.00918. The van der Waals surface area contributed by atoms with Crippen molar-refractivity contribution in [2.45, 2.75) is 0 Å². The molecule has 0 aliphatic heterocycles. The van der Waals surface area contributed by atoms with Gasteiger partial charge in [-0.3, -0.25) is 20.0 Å². The van der Waals surface area contributed by atoms with Gasteiger partial charge in [-0.1, -0.05) is 12.1 Å². The maximum Gasteiger partial charge on any atom is 0.273 e. The van der Waals surface area contributed by atoms with Crippen LogP contribution in [0.2, 0.25) is 0 Å². The second-order valence-electron chi connectivity index (χ2n) is 5.45. The second-order valence-corrected chi connectivity index (χ2v) is 5.45. The van der Waals surface area contributed by atoms with E-state index in [4.69, 9.17) is 10.00 Å². The number of nitrogens with one attached hydrogen (secondary N) is 2. The summed E-state index contributed by atoms with van der Waals surface area (Å²) in [5.74, 6) is 0.132. The third kappa shape index (κ3) is 3.74. The van der Waals surface area contributed by atoms with Gasteiger partial charge >= 0.3 is 0 Å². The first-order chi connectivity index (χ1) is 13.0. The van der Waals surface area contributed by atoms with Gasteiger partial charge in [0.2, 0.25) is 0 Å². The summed E-state index contributed by atoms with van der Waals surface area (Å²) in [6, 6.07) is 14.2. The number of rotatable bonds is 5. The van der Waals surface area contributed by atoms with Gasteiger partial charge in [0, 0.05) is 17.7 Å². The lowest BCUT2D eigenvalue weighted by molar-refractivity contribution is -0.384.